The van der Waals surface area contributed by atoms with Gasteiger partial charge in [-0.3, -0.25) is 9.62 Å². The quantitative estimate of drug-likeness (QED) is 0.621. The Balaban J connectivity index is 1.79. The van der Waals surface area contributed by atoms with Crippen LogP contribution in [0.4, 0.5) is 5.69 Å². The Hall–Kier alpha value is -1.57. The Bertz CT molecular complexity index is 912. The first-order valence-electron chi connectivity index (χ1n) is 9.55. The molecule has 1 fully saturated rings. The molecule has 28 heavy (non-hydrogen) atoms. The van der Waals surface area contributed by atoms with E-state index in [1.54, 1.807) is 25.3 Å². The van der Waals surface area contributed by atoms with E-state index < -0.39 is 10.0 Å². The molecule has 5 nitrogen and oxygen atoms in total. The van der Waals surface area contributed by atoms with Crippen molar-refractivity contribution in [3.8, 4) is 5.75 Å². The average molecular weight is 467 g/mol. The first-order valence-corrected chi connectivity index (χ1v) is 11.8. The first-order chi connectivity index (χ1) is 13.4. The van der Waals surface area contributed by atoms with Gasteiger partial charge < -0.3 is 4.74 Å². The third kappa shape index (κ3) is 5.07. The molecule has 0 unspecified atom stereocenters. The Morgan fingerprint density at radius 2 is 1.86 bits per heavy atom. The van der Waals surface area contributed by atoms with Gasteiger partial charge in [-0.15, -0.1) is 0 Å². The van der Waals surface area contributed by atoms with E-state index in [4.69, 9.17) is 4.74 Å². The van der Waals surface area contributed by atoms with Crippen molar-refractivity contribution < 1.29 is 13.2 Å². The number of hydrogen-bond donors (Lipinski definition) is 1. The standard InChI is InChI=1S/C21H27BrN2O3S/c1-24(17-9-4-3-5-10-17)15-16-8-6-7-11-20(16)23-28(25,26)18-12-13-21(27-2)19(22)14-18/h6-8,11-14,17,23H,3-5,9-10,15H2,1-2H3. The molecular weight excluding hydrogens is 440 g/mol. The fraction of sp³-hybridized carbons (Fsp3) is 0.429. The number of hydrogen-bond acceptors (Lipinski definition) is 4. The van der Waals surface area contributed by atoms with Crippen LogP contribution in [-0.2, 0) is 16.6 Å². The van der Waals surface area contributed by atoms with E-state index in [1.165, 1.54) is 32.1 Å². The van der Waals surface area contributed by atoms with Crippen LogP contribution in [0.1, 0.15) is 37.7 Å². The normalized spacial score (nSPS) is 15.6. The minimum atomic E-state index is -3.70. The molecule has 0 radical (unpaired) electrons. The molecule has 2 aromatic rings. The summed E-state index contributed by atoms with van der Waals surface area (Å²) in [4.78, 5) is 2.53. The molecule has 1 aliphatic carbocycles. The molecular formula is C21H27BrN2O3S. The van der Waals surface area contributed by atoms with E-state index in [1.807, 2.05) is 24.3 Å². The molecule has 0 spiro atoms. The zero-order valence-corrected chi connectivity index (χ0v) is 18.7. The van der Waals surface area contributed by atoms with Gasteiger partial charge in [-0.2, -0.15) is 0 Å². The topological polar surface area (TPSA) is 58.6 Å². The van der Waals surface area contributed by atoms with E-state index in [9.17, 15) is 8.42 Å². The summed E-state index contributed by atoms with van der Waals surface area (Å²) in [6, 6.07) is 12.9. The summed E-state index contributed by atoms with van der Waals surface area (Å²) in [7, 11) is -0.0240. The number of para-hydroxylation sites is 1. The van der Waals surface area contributed by atoms with Gasteiger partial charge in [0.15, 0.2) is 0 Å². The molecule has 0 aromatic heterocycles. The van der Waals surface area contributed by atoms with Crippen molar-refractivity contribution in [2.24, 2.45) is 0 Å². The van der Waals surface area contributed by atoms with Gasteiger partial charge >= 0.3 is 0 Å². The molecule has 0 aliphatic heterocycles. The third-order valence-corrected chi connectivity index (χ3v) is 7.30. The maximum Gasteiger partial charge on any atom is 0.261 e. The first kappa shape index (κ1) is 21.1. The summed E-state index contributed by atoms with van der Waals surface area (Å²) in [5.74, 6) is 0.591. The van der Waals surface area contributed by atoms with Crippen molar-refractivity contribution in [2.45, 2.75) is 49.6 Å². The second kappa shape index (κ2) is 9.29. The lowest BCUT2D eigenvalue weighted by atomic mass is 9.94. The minimum absolute atomic E-state index is 0.190. The highest BCUT2D eigenvalue weighted by Crippen LogP contribution is 2.29. The highest BCUT2D eigenvalue weighted by atomic mass is 79.9. The molecule has 7 heteroatoms. The molecule has 1 saturated carbocycles. The molecule has 0 amide bonds. The van der Waals surface area contributed by atoms with Crippen LogP contribution in [0.3, 0.4) is 0 Å². The molecule has 0 bridgehead atoms. The van der Waals surface area contributed by atoms with E-state index in [0.717, 1.165) is 12.1 Å². The van der Waals surface area contributed by atoms with Crippen LogP contribution < -0.4 is 9.46 Å². The number of halogens is 1. The zero-order chi connectivity index (χ0) is 20.1. The molecule has 1 aliphatic rings. The summed E-state index contributed by atoms with van der Waals surface area (Å²) in [6.07, 6.45) is 6.29. The average Bonchev–Trinajstić information content (AvgIpc) is 2.70. The van der Waals surface area contributed by atoms with E-state index >= 15 is 0 Å². The summed E-state index contributed by atoms with van der Waals surface area (Å²) >= 11 is 3.35. The molecule has 0 saturated heterocycles. The second-order valence-corrected chi connectivity index (χ2v) is 9.80. The summed E-state index contributed by atoms with van der Waals surface area (Å²) in [5, 5.41) is 0. The minimum Gasteiger partial charge on any atom is -0.496 e. The van der Waals surface area contributed by atoms with Gasteiger partial charge in [0.2, 0.25) is 0 Å². The van der Waals surface area contributed by atoms with Crippen LogP contribution >= 0.6 is 15.9 Å². The van der Waals surface area contributed by atoms with E-state index in [2.05, 4.69) is 32.6 Å². The fourth-order valence-corrected chi connectivity index (χ4v) is 5.51. The molecule has 152 valence electrons. The van der Waals surface area contributed by atoms with Crippen molar-refractivity contribution in [1.82, 2.24) is 4.90 Å². The van der Waals surface area contributed by atoms with Crippen molar-refractivity contribution >= 4 is 31.6 Å². The van der Waals surface area contributed by atoms with Crippen molar-refractivity contribution in [3.05, 3.63) is 52.5 Å². The predicted octanol–water partition coefficient (Wildman–Crippen LogP) is 5.02. The SMILES string of the molecule is COc1ccc(S(=O)(=O)Nc2ccccc2CN(C)C2CCCCC2)cc1Br. The number of sulfonamides is 1. The number of nitrogens with zero attached hydrogens (tertiary/aromatic N) is 1. The number of ether oxygens (including phenoxy) is 1. The third-order valence-electron chi connectivity index (χ3n) is 5.31. The van der Waals surface area contributed by atoms with Crippen molar-refractivity contribution in [2.75, 3.05) is 18.9 Å². The lowest BCUT2D eigenvalue weighted by molar-refractivity contribution is 0.185. The number of methoxy groups -OCH3 is 1. The largest absolute Gasteiger partial charge is 0.496 e. The second-order valence-electron chi connectivity index (χ2n) is 7.27. The Kier molecular flexibility index (Phi) is 7.01. The van der Waals surface area contributed by atoms with Crippen LogP contribution in [0, 0.1) is 0 Å². The van der Waals surface area contributed by atoms with E-state index in [-0.39, 0.29) is 4.90 Å². The lowest BCUT2D eigenvalue weighted by Gasteiger charge is -2.31. The Morgan fingerprint density at radius 1 is 1.14 bits per heavy atom. The molecule has 3 rings (SSSR count). The van der Waals surface area contributed by atoms with Crippen LogP contribution in [0.25, 0.3) is 0 Å². The molecule has 0 heterocycles. The number of benzene rings is 2. The summed E-state index contributed by atoms with van der Waals surface area (Å²) in [6.45, 7) is 0.718. The fourth-order valence-electron chi connectivity index (χ4n) is 3.70. The number of anilines is 1. The van der Waals surface area contributed by atoms with Gasteiger partial charge in [0, 0.05) is 12.6 Å². The highest BCUT2D eigenvalue weighted by molar-refractivity contribution is 9.10. The summed E-state index contributed by atoms with van der Waals surface area (Å²) < 4.78 is 34.4. The van der Waals surface area contributed by atoms with Gasteiger partial charge in [-0.05, 0) is 65.6 Å². The smallest absolute Gasteiger partial charge is 0.261 e. The van der Waals surface area contributed by atoms with Gasteiger partial charge in [0.05, 0.1) is 22.2 Å². The van der Waals surface area contributed by atoms with Gasteiger partial charge in [-0.1, -0.05) is 37.5 Å². The van der Waals surface area contributed by atoms with Crippen molar-refractivity contribution in [1.29, 1.82) is 0 Å². The van der Waals surface area contributed by atoms with Gasteiger partial charge in [0.25, 0.3) is 10.0 Å². The summed E-state index contributed by atoms with van der Waals surface area (Å²) in [5.41, 5.74) is 1.60. The monoisotopic (exact) mass is 466 g/mol. The van der Waals surface area contributed by atoms with Crippen LogP contribution in [0.15, 0.2) is 51.8 Å². The van der Waals surface area contributed by atoms with E-state index in [0.29, 0.717) is 22.0 Å². The zero-order valence-electron chi connectivity index (χ0n) is 16.3. The van der Waals surface area contributed by atoms with Gasteiger partial charge in [-0.25, -0.2) is 8.42 Å². The predicted molar refractivity (Wildman–Crippen MR) is 116 cm³/mol. The number of nitrogens with one attached hydrogen (secondary N) is 1. The number of rotatable bonds is 7. The van der Waals surface area contributed by atoms with Crippen molar-refractivity contribution in [3.63, 3.8) is 0 Å². The molecule has 1 N–H and O–H groups in total. The maximum atomic E-state index is 12.9. The van der Waals surface area contributed by atoms with Crippen LogP contribution in [-0.4, -0.2) is 33.5 Å². The molecule has 0 atom stereocenters. The van der Waals surface area contributed by atoms with Crippen LogP contribution in [0.2, 0.25) is 0 Å². The van der Waals surface area contributed by atoms with Gasteiger partial charge in [0.1, 0.15) is 5.75 Å². The molecule has 2 aromatic carbocycles. The Labute approximate surface area is 176 Å². The van der Waals surface area contributed by atoms with Crippen LogP contribution in [0.5, 0.6) is 5.75 Å². The Morgan fingerprint density at radius 3 is 2.54 bits per heavy atom. The lowest BCUT2D eigenvalue weighted by Crippen LogP contribution is -2.33. The maximum absolute atomic E-state index is 12.9. The highest BCUT2D eigenvalue weighted by Gasteiger charge is 2.21.